The highest BCUT2D eigenvalue weighted by atomic mass is 16.5. The largest absolute Gasteiger partial charge is 0.490 e. The fourth-order valence-corrected chi connectivity index (χ4v) is 3.13. The smallest absolute Gasteiger partial charge is 0.120 e. The van der Waals surface area contributed by atoms with Crippen molar-refractivity contribution in [3.8, 4) is 5.75 Å². The Kier molecular flexibility index (Phi) is 3.55. The van der Waals surface area contributed by atoms with E-state index in [-0.39, 0.29) is 0 Å². The Morgan fingerprint density at radius 2 is 1.94 bits per heavy atom. The van der Waals surface area contributed by atoms with Crippen LogP contribution in [-0.2, 0) is 0 Å². The highest BCUT2D eigenvalue weighted by Crippen LogP contribution is 2.38. The second-order valence-corrected chi connectivity index (χ2v) is 5.78. The Morgan fingerprint density at radius 3 is 2.72 bits per heavy atom. The quantitative estimate of drug-likeness (QED) is 0.881. The van der Waals surface area contributed by atoms with Gasteiger partial charge >= 0.3 is 0 Å². The normalized spacial score (nSPS) is 28.1. The van der Waals surface area contributed by atoms with E-state index in [9.17, 15) is 0 Å². The maximum atomic E-state index is 5.93. The van der Waals surface area contributed by atoms with Crippen LogP contribution >= 0.6 is 0 Å². The van der Waals surface area contributed by atoms with Crippen LogP contribution in [0.25, 0.3) is 0 Å². The van der Waals surface area contributed by atoms with Gasteiger partial charge in [0.15, 0.2) is 0 Å². The topological polar surface area (TPSA) is 35.2 Å². The molecule has 2 aliphatic rings. The van der Waals surface area contributed by atoms with Crippen molar-refractivity contribution in [2.75, 3.05) is 6.54 Å². The van der Waals surface area contributed by atoms with Gasteiger partial charge in [-0.2, -0.15) is 0 Å². The zero-order chi connectivity index (χ0) is 12.4. The van der Waals surface area contributed by atoms with Gasteiger partial charge in [0.2, 0.25) is 0 Å². The third kappa shape index (κ3) is 2.69. The van der Waals surface area contributed by atoms with Gasteiger partial charge < -0.3 is 10.5 Å². The molecule has 1 aromatic carbocycles. The minimum atomic E-state index is 0.483. The number of rotatable bonds is 4. The van der Waals surface area contributed by atoms with Crippen LogP contribution in [0.3, 0.4) is 0 Å². The summed E-state index contributed by atoms with van der Waals surface area (Å²) < 4.78 is 5.89. The van der Waals surface area contributed by atoms with Crippen molar-refractivity contribution in [3.05, 3.63) is 29.8 Å². The predicted molar refractivity (Wildman–Crippen MR) is 73.8 cm³/mol. The van der Waals surface area contributed by atoms with Crippen LogP contribution in [0, 0.1) is 5.92 Å². The molecule has 18 heavy (non-hydrogen) atoms. The highest BCUT2D eigenvalue weighted by molar-refractivity contribution is 5.32. The van der Waals surface area contributed by atoms with Crippen LogP contribution in [-0.4, -0.2) is 12.6 Å². The molecule has 0 aliphatic heterocycles. The first-order valence-electron chi connectivity index (χ1n) is 7.33. The number of ether oxygens (including phenoxy) is 1. The van der Waals surface area contributed by atoms with E-state index < -0.39 is 0 Å². The first-order valence-corrected chi connectivity index (χ1v) is 7.33. The number of hydrogen-bond donors (Lipinski definition) is 1. The molecule has 2 fully saturated rings. The van der Waals surface area contributed by atoms with Crippen LogP contribution in [0.15, 0.2) is 24.3 Å². The number of benzene rings is 1. The molecule has 2 unspecified atom stereocenters. The summed E-state index contributed by atoms with van der Waals surface area (Å²) in [6.07, 6.45) is 8.18. The lowest BCUT2D eigenvalue weighted by atomic mass is 9.75. The number of nitrogens with two attached hydrogens (primary N) is 1. The van der Waals surface area contributed by atoms with E-state index in [1.807, 2.05) is 0 Å². The van der Waals surface area contributed by atoms with Gasteiger partial charge in [0.25, 0.3) is 0 Å². The lowest BCUT2D eigenvalue weighted by molar-refractivity contribution is 0.297. The fourth-order valence-electron chi connectivity index (χ4n) is 3.13. The minimum Gasteiger partial charge on any atom is -0.490 e. The first kappa shape index (κ1) is 12.0. The van der Waals surface area contributed by atoms with Crippen LogP contribution < -0.4 is 10.5 Å². The van der Waals surface area contributed by atoms with Crippen molar-refractivity contribution in [1.29, 1.82) is 0 Å². The molecular weight excluding hydrogens is 222 g/mol. The molecule has 0 bridgehead atoms. The van der Waals surface area contributed by atoms with E-state index in [0.29, 0.717) is 17.9 Å². The van der Waals surface area contributed by atoms with Gasteiger partial charge in [-0.3, -0.25) is 0 Å². The molecule has 1 aromatic rings. The van der Waals surface area contributed by atoms with E-state index in [1.54, 1.807) is 0 Å². The average molecular weight is 245 g/mol. The first-order chi connectivity index (χ1) is 8.86. The maximum absolute atomic E-state index is 5.93. The molecule has 2 saturated carbocycles. The van der Waals surface area contributed by atoms with Crippen LogP contribution in [0.1, 0.15) is 50.0 Å². The summed E-state index contributed by atoms with van der Waals surface area (Å²) in [6, 6.07) is 8.71. The van der Waals surface area contributed by atoms with Crippen molar-refractivity contribution in [2.24, 2.45) is 11.7 Å². The van der Waals surface area contributed by atoms with E-state index in [1.165, 1.54) is 44.1 Å². The van der Waals surface area contributed by atoms with Gasteiger partial charge in [0, 0.05) is 0 Å². The molecule has 3 rings (SSSR count). The van der Waals surface area contributed by atoms with E-state index in [2.05, 4.69) is 24.3 Å². The van der Waals surface area contributed by atoms with Crippen molar-refractivity contribution >= 4 is 0 Å². The minimum absolute atomic E-state index is 0.483. The van der Waals surface area contributed by atoms with Gasteiger partial charge in [-0.05, 0) is 61.8 Å². The Labute approximate surface area is 110 Å². The van der Waals surface area contributed by atoms with Crippen LogP contribution in [0.5, 0.6) is 5.75 Å². The van der Waals surface area contributed by atoms with Gasteiger partial charge in [0.05, 0.1) is 6.10 Å². The molecular formula is C16H23NO. The Morgan fingerprint density at radius 1 is 1.11 bits per heavy atom. The molecule has 0 aromatic heterocycles. The zero-order valence-electron chi connectivity index (χ0n) is 11.0. The molecule has 98 valence electrons. The molecule has 0 saturated heterocycles. The Bertz CT molecular complexity index is 400. The molecule has 0 amide bonds. The van der Waals surface area contributed by atoms with Gasteiger partial charge in [-0.1, -0.05) is 25.0 Å². The monoisotopic (exact) mass is 245 g/mol. The summed E-state index contributed by atoms with van der Waals surface area (Å²) in [6.45, 7) is 0.818. The Balaban J connectivity index is 1.76. The lowest BCUT2D eigenvalue weighted by Gasteiger charge is -2.31. The molecule has 2 nitrogen and oxygen atoms in total. The molecule has 0 radical (unpaired) electrons. The zero-order valence-corrected chi connectivity index (χ0v) is 11.0. The second kappa shape index (κ2) is 5.31. The SMILES string of the molecule is NCC1CCCCC1c1cccc(OC2CC2)c1. The maximum Gasteiger partial charge on any atom is 0.120 e. The second-order valence-electron chi connectivity index (χ2n) is 5.78. The van der Waals surface area contributed by atoms with Crippen LogP contribution in [0.2, 0.25) is 0 Å². The van der Waals surface area contributed by atoms with Crippen molar-refractivity contribution in [3.63, 3.8) is 0 Å². The van der Waals surface area contributed by atoms with Gasteiger partial charge in [-0.25, -0.2) is 0 Å². The summed E-state index contributed by atoms with van der Waals surface area (Å²) in [5, 5.41) is 0. The molecule has 2 N–H and O–H groups in total. The van der Waals surface area contributed by atoms with Crippen molar-refractivity contribution < 1.29 is 4.74 Å². The third-order valence-electron chi connectivity index (χ3n) is 4.33. The van der Waals surface area contributed by atoms with Gasteiger partial charge in [-0.15, -0.1) is 0 Å². The molecule has 2 heteroatoms. The summed E-state index contributed by atoms with van der Waals surface area (Å²) in [4.78, 5) is 0. The van der Waals surface area contributed by atoms with Crippen molar-refractivity contribution in [1.82, 2.24) is 0 Å². The van der Waals surface area contributed by atoms with E-state index in [4.69, 9.17) is 10.5 Å². The van der Waals surface area contributed by atoms with E-state index in [0.717, 1.165) is 12.3 Å². The molecule has 2 atom stereocenters. The lowest BCUT2D eigenvalue weighted by Crippen LogP contribution is -2.25. The fraction of sp³-hybridized carbons (Fsp3) is 0.625. The summed E-state index contributed by atoms with van der Waals surface area (Å²) in [7, 11) is 0. The molecule has 0 spiro atoms. The molecule has 2 aliphatic carbocycles. The van der Waals surface area contributed by atoms with Gasteiger partial charge in [0.1, 0.15) is 5.75 Å². The standard InChI is InChI=1S/C16H23NO/c17-11-13-4-1-2-7-16(13)12-5-3-6-15(10-12)18-14-8-9-14/h3,5-6,10,13-14,16H,1-2,4,7-9,11,17H2. The Hall–Kier alpha value is -1.02. The predicted octanol–water partition coefficient (Wildman–Crippen LogP) is 3.46. The third-order valence-corrected chi connectivity index (χ3v) is 4.33. The molecule has 0 heterocycles. The van der Waals surface area contributed by atoms with Crippen molar-refractivity contribution in [2.45, 2.75) is 50.5 Å². The summed E-state index contributed by atoms with van der Waals surface area (Å²) in [5.41, 5.74) is 7.36. The summed E-state index contributed by atoms with van der Waals surface area (Å²) >= 11 is 0. The summed E-state index contributed by atoms with van der Waals surface area (Å²) in [5.74, 6) is 2.36. The number of hydrogen-bond acceptors (Lipinski definition) is 2. The van der Waals surface area contributed by atoms with E-state index >= 15 is 0 Å². The van der Waals surface area contributed by atoms with Crippen LogP contribution in [0.4, 0.5) is 0 Å². The average Bonchev–Trinajstić information content (AvgIpc) is 3.23. The highest BCUT2D eigenvalue weighted by Gasteiger charge is 2.27.